The highest BCUT2D eigenvalue weighted by atomic mass is 32.2. The average Bonchev–Trinajstić information content (AvgIpc) is 2.87. The first kappa shape index (κ1) is 38.9. The van der Waals surface area contributed by atoms with Gasteiger partial charge in [0.25, 0.3) is 5.85 Å². The van der Waals surface area contributed by atoms with Crippen LogP contribution in [0.15, 0.2) is 0 Å². The van der Waals surface area contributed by atoms with Gasteiger partial charge >= 0.3 is 13.6 Å². The summed E-state index contributed by atoms with van der Waals surface area (Å²) in [7, 11) is -4.38. The fourth-order valence-electron chi connectivity index (χ4n) is 4.58. The van der Waals surface area contributed by atoms with Crippen LogP contribution >= 0.6 is 19.4 Å². The lowest BCUT2D eigenvalue weighted by Gasteiger charge is -2.29. The average molecular weight is 595 g/mol. The van der Waals surface area contributed by atoms with Gasteiger partial charge in [-0.15, -0.1) is 0 Å². The van der Waals surface area contributed by atoms with Gasteiger partial charge in [-0.05, 0) is 45.8 Å². The lowest BCUT2D eigenvalue weighted by Crippen LogP contribution is -2.32. The monoisotopic (exact) mass is 594 g/mol. The number of unbranched alkanes of at least 4 members (excludes halogenated alkanes) is 14. The third kappa shape index (κ3) is 21.3. The molecule has 0 aliphatic carbocycles. The van der Waals surface area contributed by atoms with Gasteiger partial charge in [0.15, 0.2) is 0 Å². The molecule has 4 unspecified atom stereocenters. The molecule has 0 fully saturated rings. The normalized spacial score (nSPS) is 15.7. The predicted molar refractivity (Wildman–Crippen MR) is 168 cm³/mol. The molecule has 0 amide bonds. The Hall–Kier alpha value is -0.0700. The van der Waals surface area contributed by atoms with Crippen LogP contribution in [0.2, 0.25) is 0 Å². The van der Waals surface area contributed by atoms with Crippen molar-refractivity contribution in [2.45, 2.75) is 180 Å². The second-order valence-electron chi connectivity index (χ2n) is 11.2. The van der Waals surface area contributed by atoms with Crippen LogP contribution in [0, 0.1) is 0 Å². The maximum atomic E-state index is 13.2. The number of rotatable bonds is 28. The number of ether oxygens (including phenoxy) is 2. The van der Waals surface area contributed by atoms with Crippen molar-refractivity contribution in [3.63, 3.8) is 0 Å². The molecule has 0 radical (unpaired) electrons. The molecule has 0 spiro atoms. The molecule has 0 aromatic heterocycles. The van der Waals surface area contributed by atoms with Crippen molar-refractivity contribution in [2.24, 2.45) is 0 Å². The van der Waals surface area contributed by atoms with E-state index in [1.165, 1.54) is 83.5 Å². The molecule has 234 valence electrons. The van der Waals surface area contributed by atoms with Crippen molar-refractivity contribution in [3.8, 4) is 0 Å². The number of hydrogen-bond donors (Lipinski definition) is 1. The number of esters is 1. The zero-order valence-corrected chi connectivity index (χ0v) is 28.0. The lowest BCUT2D eigenvalue weighted by atomic mass is 10.1. The molecule has 0 aromatic rings. The summed E-state index contributed by atoms with van der Waals surface area (Å²) in [5.41, 5.74) is 0. The fourth-order valence-corrected chi connectivity index (χ4v) is 7.35. The Bertz CT molecular complexity index is 618. The Balaban J connectivity index is 4.79. The van der Waals surface area contributed by atoms with Gasteiger partial charge in [0.05, 0.1) is 12.2 Å². The van der Waals surface area contributed by atoms with Crippen LogP contribution in [0.5, 0.6) is 0 Å². The molecule has 0 aliphatic rings. The fraction of sp³-hybridized carbons (Fsp3) is 0.968. The maximum absolute atomic E-state index is 13.2. The summed E-state index contributed by atoms with van der Waals surface area (Å²) in [6.45, 7) is 11.8. The van der Waals surface area contributed by atoms with Gasteiger partial charge in [-0.25, -0.2) is 4.79 Å². The van der Waals surface area contributed by atoms with Crippen LogP contribution in [-0.2, 0) is 23.4 Å². The van der Waals surface area contributed by atoms with E-state index in [9.17, 15) is 14.3 Å². The first-order chi connectivity index (χ1) is 18.7. The van der Waals surface area contributed by atoms with Crippen molar-refractivity contribution >= 4 is 25.3 Å². The zero-order valence-electron chi connectivity index (χ0n) is 26.3. The van der Waals surface area contributed by atoms with Gasteiger partial charge in [-0.2, -0.15) is 11.8 Å². The number of thioether (sulfide) groups is 1. The van der Waals surface area contributed by atoms with E-state index in [1.807, 2.05) is 25.6 Å². The molecule has 6 nitrogen and oxygen atoms in total. The Morgan fingerprint density at radius 2 is 1.23 bits per heavy atom. The van der Waals surface area contributed by atoms with Gasteiger partial charge in [0.2, 0.25) is 0 Å². The largest absolute Gasteiger partial charge is 0.461 e. The van der Waals surface area contributed by atoms with Crippen LogP contribution in [-0.4, -0.2) is 46.5 Å². The van der Waals surface area contributed by atoms with E-state index in [-0.39, 0.29) is 11.9 Å². The van der Waals surface area contributed by atoms with Crippen molar-refractivity contribution in [3.05, 3.63) is 0 Å². The summed E-state index contributed by atoms with van der Waals surface area (Å²) in [6.07, 6.45) is 21.1. The standard InChI is InChI=1S/C31H63O6PS/c1-7-10-12-14-15-16-17-18-19-21-23-26-39-29(24-22-20-13-11-8-2)28(6)37-38(33,34)31(35-25-9-3)30(32)36-27(4)5/h27-29,31H,7-26H2,1-6H3,(H,33,34). The van der Waals surface area contributed by atoms with Crippen LogP contribution in [0.25, 0.3) is 0 Å². The minimum atomic E-state index is -4.38. The van der Waals surface area contributed by atoms with Crippen molar-refractivity contribution in [1.82, 2.24) is 0 Å². The molecule has 0 bridgehead atoms. The van der Waals surface area contributed by atoms with Crippen molar-refractivity contribution < 1.29 is 28.3 Å². The van der Waals surface area contributed by atoms with E-state index >= 15 is 0 Å². The first-order valence-electron chi connectivity index (χ1n) is 16.1. The van der Waals surface area contributed by atoms with Gasteiger partial charge in [-0.1, -0.05) is 117 Å². The molecular formula is C31H63O6PS. The quantitative estimate of drug-likeness (QED) is 0.0548. The number of carbonyl (C=O) groups excluding carboxylic acids is 1. The molecular weight excluding hydrogens is 531 g/mol. The Morgan fingerprint density at radius 1 is 0.744 bits per heavy atom. The Labute approximate surface area is 246 Å². The molecule has 4 atom stereocenters. The van der Waals surface area contributed by atoms with Crippen LogP contribution in [0.3, 0.4) is 0 Å². The number of hydrogen-bond acceptors (Lipinski definition) is 6. The van der Waals surface area contributed by atoms with Crippen LogP contribution in [0.4, 0.5) is 0 Å². The second-order valence-corrected chi connectivity index (χ2v) is 14.4. The molecule has 1 N–H and O–H groups in total. The molecule has 0 heterocycles. The highest BCUT2D eigenvalue weighted by Crippen LogP contribution is 2.51. The molecule has 0 rings (SSSR count). The van der Waals surface area contributed by atoms with Gasteiger partial charge in [-0.3, -0.25) is 4.57 Å². The summed E-state index contributed by atoms with van der Waals surface area (Å²) in [6, 6.07) is 0. The van der Waals surface area contributed by atoms with E-state index in [4.69, 9.17) is 14.0 Å². The highest BCUT2D eigenvalue weighted by Gasteiger charge is 2.43. The number of carbonyl (C=O) groups is 1. The molecule has 8 heteroatoms. The van der Waals surface area contributed by atoms with E-state index < -0.39 is 31.6 Å². The van der Waals surface area contributed by atoms with E-state index in [2.05, 4.69) is 13.8 Å². The predicted octanol–water partition coefficient (Wildman–Crippen LogP) is 10.1. The second kappa shape index (κ2) is 25.6. The maximum Gasteiger partial charge on any atom is 0.368 e. The summed E-state index contributed by atoms with van der Waals surface area (Å²) in [5.74, 6) is -1.42. The molecule has 39 heavy (non-hydrogen) atoms. The minimum absolute atomic E-state index is 0.100. The Kier molecular flexibility index (Phi) is 25.6. The lowest BCUT2D eigenvalue weighted by molar-refractivity contribution is -0.156. The van der Waals surface area contributed by atoms with Gasteiger partial charge < -0.3 is 18.9 Å². The third-order valence-electron chi connectivity index (χ3n) is 6.84. The SMILES string of the molecule is CCCCCCCCCCCCCSC(CCCCCCC)C(C)OP(=O)(O)C(OCCC)C(=O)OC(C)C. The summed E-state index contributed by atoms with van der Waals surface area (Å²) < 4.78 is 29.7. The highest BCUT2D eigenvalue weighted by molar-refractivity contribution is 7.99. The van der Waals surface area contributed by atoms with Crippen molar-refractivity contribution in [2.75, 3.05) is 12.4 Å². The molecule has 0 aromatic carbocycles. The first-order valence-corrected chi connectivity index (χ1v) is 18.8. The minimum Gasteiger partial charge on any atom is -0.461 e. The van der Waals surface area contributed by atoms with E-state index in [0.29, 0.717) is 6.42 Å². The summed E-state index contributed by atoms with van der Waals surface area (Å²) in [4.78, 5) is 23.4. The van der Waals surface area contributed by atoms with E-state index in [1.54, 1.807) is 13.8 Å². The smallest absolute Gasteiger partial charge is 0.368 e. The molecule has 0 saturated heterocycles. The van der Waals surface area contributed by atoms with Gasteiger partial charge in [0, 0.05) is 11.9 Å². The van der Waals surface area contributed by atoms with Crippen LogP contribution in [0.1, 0.15) is 157 Å². The van der Waals surface area contributed by atoms with Gasteiger partial charge in [0.1, 0.15) is 0 Å². The zero-order chi connectivity index (χ0) is 29.4. The third-order valence-corrected chi connectivity index (χ3v) is 10.0. The summed E-state index contributed by atoms with van der Waals surface area (Å²) >= 11 is 1.85. The van der Waals surface area contributed by atoms with Crippen LogP contribution < -0.4 is 0 Å². The topological polar surface area (TPSA) is 82.1 Å². The molecule has 0 aliphatic heterocycles. The van der Waals surface area contributed by atoms with Crippen molar-refractivity contribution in [1.29, 1.82) is 0 Å². The van der Waals surface area contributed by atoms with E-state index in [0.717, 1.165) is 31.4 Å². The Morgan fingerprint density at radius 3 is 1.72 bits per heavy atom. The summed E-state index contributed by atoms with van der Waals surface area (Å²) in [5, 5.41) is 0.100. The molecule has 0 saturated carbocycles.